The Balaban J connectivity index is 1.99. The molecule has 1 amide bonds. The highest BCUT2D eigenvalue weighted by atomic mass is 16.5. The van der Waals surface area contributed by atoms with Gasteiger partial charge in [-0.25, -0.2) is 0 Å². The molecule has 0 saturated heterocycles. The predicted molar refractivity (Wildman–Crippen MR) is 72.0 cm³/mol. The molecule has 1 aliphatic rings. The van der Waals surface area contributed by atoms with Crippen molar-refractivity contribution in [2.75, 3.05) is 18.5 Å². The predicted octanol–water partition coefficient (Wildman–Crippen LogP) is 1.45. The summed E-state index contributed by atoms with van der Waals surface area (Å²) in [5, 5.41) is 14.8. The number of hydrogen-bond donors (Lipinski definition) is 2. The van der Waals surface area contributed by atoms with Crippen LogP contribution < -0.4 is 15.4 Å². The molecule has 2 N–H and O–H groups in total. The molecule has 1 unspecified atom stereocenters. The van der Waals surface area contributed by atoms with Crippen molar-refractivity contribution in [2.45, 2.75) is 25.8 Å². The number of benzene rings is 1. The van der Waals surface area contributed by atoms with Crippen LogP contribution >= 0.6 is 0 Å². The first-order valence-corrected chi connectivity index (χ1v) is 6.41. The molecule has 0 radical (unpaired) electrons. The number of ether oxygens (including phenoxy) is 1. The number of aryl methyl sites for hydroxylation is 1. The van der Waals surface area contributed by atoms with Gasteiger partial charge in [0.25, 0.3) is 0 Å². The lowest BCUT2D eigenvalue weighted by atomic mass is 10.0. The van der Waals surface area contributed by atoms with Crippen LogP contribution in [0.15, 0.2) is 18.2 Å². The first kappa shape index (κ1) is 13.4. The van der Waals surface area contributed by atoms with Gasteiger partial charge in [0.2, 0.25) is 5.91 Å². The standard InChI is InChI=1S/C14H17N3O2/c1-2-16-11(8-15)9-19-12-4-5-13-10(7-12)3-6-14(18)17-13/h4-5,7,11,16H,2-3,6,9H2,1H3,(H,17,18). The highest BCUT2D eigenvalue weighted by molar-refractivity contribution is 5.93. The number of fused-ring (bicyclic) bond motifs is 1. The Bertz CT molecular complexity index is 508. The molecule has 0 spiro atoms. The summed E-state index contributed by atoms with van der Waals surface area (Å²) < 4.78 is 5.61. The Hall–Kier alpha value is -2.06. The number of carbonyl (C=O) groups is 1. The van der Waals surface area contributed by atoms with Gasteiger partial charge in [-0.15, -0.1) is 0 Å². The highest BCUT2D eigenvalue weighted by Crippen LogP contribution is 2.26. The quantitative estimate of drug-likeness (QED) is 0.839. The Kier molecular flexibility index (Phi) is 4.37. The first-order valence-electron chi connectivity index (χ1n) is 6.41. The van der Waals surface area contributed by atoms with Crippen molar-refractivity contribution in [3.05, 3.63) is 23.8 Å². The number of hydrogen-bond acceptors (Lipinski definition) is 4. The lowest BCUT2D eigenvalue weighted by Gasteiger charge is -2.18. The van der Waals surface area contributed by atoms with Crippen LogP contribution in [-0.2, 0) is 11.2 Å². The summed E-state index contributed by atoms with van der Waals surface area (Å²) in [5.74, 6) is 0.783. The van der Waals surface area contributed by atoms with Crippen LogP contribution in [0.3, 0.4) is 0 Å². The third-order valence-electron chi connectivity index (χ3n) is 3.00. The van der Waals surface area contributed by atoms with E-state index in [9.17, 15) is 4.79 Å². The van der Waals surface area contributed by atoms with Crippen LogP contribution in [0.5, 0.6) is 5.75 Å². The van der Waals surface area contributed by atoms with E-state index in [0.717, 1.165) is 30.0 Å². The average molecular weight is 259 g/mol. The van der Waals surface area contributed by atoms with Gasteiger partial charge in [0.15, 0.2) is 0 Å². The van der Waals surface area contributed by atoms with Crippen molar-refractivity contribution >= 4 is 11.6 Å². The normalized spacial score (nSPS) is 15.1. The highest BCUT2D eigenvalue weighted by Gasteiger charge is 2.15. The Labute approximate surface area is 112 Å². The number of nitrogens with zero attached hydrogens (tertiary/aromatic N) is 1. The average Bonchev–Trinajstić information content (AvgIpc) is 2.43. The lowest BCUT2D eigenvalue weighted by molar-refractivity contribution is -0.116. The Morgan fingerprint density at radius 2 is 2.37 bits per heavy atom. The molecule has 2 rings (SSSR count). The zero-order chi connectivity index (χ0) is 13.7. The number of nitriles is 1. The molecule has 1 atom stereocenters. The zero-order valence-corrected chi connectivity index (χ0v) is 10.9. The largest absolute Gasteiger partial charge is 0.491 e. The molecule has 19 heavy (non-hydrogen) atoms. The van der Waals surface area contributed by atoms with Gasteiger partial charge in [0.05, 0.1) is 6.07 Å². The topological polar surface area (TPSA) is 74.1 Å². The van der Waals surface area contributed by atoms with Crippen LogP contribution in [0, 0.1) is 11.3 Å². The molecular formula is C14H17N3O2. The van der Waals surface area contributed by atoms with Gasteiger partial charge in [0, 0.05) is 12.1 Å². The molecule has 0 bridgehead atoms. The minimum Gasteiger partial charge on any atom is -0.491 e. The number of carbonyl (C=O) groups excluding carboxylic acids is 1. The minimum absolute atomic E-state index is 0.0536. The molecule has 5 heteroatoms. The molecule has 0 fully saturated rings. The van der Waals surface area contributed by atoms with Crippen LogP contribution in [0.2, 0.25) is 0 Å². The number of anilines is 1. The van der Waals surface area contributed by atoms with Crippen molar-refractivity contribution in [3.8, 4) is 11.8 Å². The monoisotopic (exact) mass is 259 g/mol. The summed E-state index contributed by atoms with van der Waals surface area (Å²) >= 11 is 0. The van der Waals surface area contributed by atoms with E-state index in [0.29, 0.717) is 13.0 Å². The Morgan fingerprint density at radius 3 is 3.11 bits per heavy atom. The number of nitrogens with one attached hydrogen (secondary N) is 2. The molecule has 1 aromatic rings. The van der Waals surface area contributed by atoms with E-state index in [-0.39, 0.29) is 11.9 Å². The maximum Gasteiger partial charge on any atom is 0.224 e. The van der Waals surface area contributed by atoms with Crippen LogP contribution in [0.25, 0.3) is 0 Å². The van der Waals surface area contributed by atoms with Gasteiger partial charge in [-0.05, 0) is 36.7 Å². The van der Waals surface area contributed by atoms with Crippen molar-refractivity contribution in [1.29, 1.82) is 5.26 Å². The fourth-order valence-corrected chi connectivity index (χ4v) is 2.02. The van der Waals surface area contributed by atoms with Gasteiger partial charge in [-0.2, -0.15) is 5.26 Å². The second-order valence-electron chi connectivity index (χ2n) is 4.42. The van der Waals surface area contributed by atoms with Gasteiger partial charge >= 0.3 is 0 Å². The van der Waals surface area contributed by atoms with Crippen LogP contribution in [0.1, 0.15) is 18.9 Å². The number of rotatable bonds is 5. The van der Waals surface area contributed by atoms with Gasteiger partial charge < -0.3 is 10.1 Å². The van der Waals surface area contributed by atoms with Crippen molar-refractivity contribution in [1.82, 2.24) is 5.32 Å². The summed E-state index contributed by atoms with van der Waals surface area (Å²) in [7, 11) is 0. The number of amides is 1. The van der Waals surface area contributed by atoms with Gasteiger partial charge in [-0.3, -0.25) is 10.1 Å². The molecule has 1 aliphatic heterocycles. The van der Waals surface area contributed by atoms with E-state index in [1.807, 2.05) is 25.1 Å². The molecule has 100 valence electrons. The van der Waals surface area contributed by atoms with Gasteiger partial charge in [0.1, 0.15) is 18.4 Å². The molecule has 1 aromatic carbocycles. The SMILES string of the molecule is CCNC(C#N)COc1ccc2c(c1)CCC(=O)N2. The smallest absolute Gasteiger partial charge is 0.224 e. The van der Waals surface area contributed by atoms with Crippen LogP contribution in [-0.4, -0.2) is 25.1 Å². The summed E-state index contributed by atoms with van der Waals surface area (Å²) in [5.41, 5.74) is 1.93. The molecule has 1 heterocycles. The van der Waals surface area contributed by atoms with E-state index in [1.165, 1.54) is 0 Å². The molecule has 0 saturated carbocycles. The van der Waals surface area contributed by atoms with Crippen molar-refractivity contribution in [3.63, 3.8) is 0 Å². The second kappa shape index (κ2) is 6.21. The van der Waals surface area contributed by atoms with Crippen molar-refractivity contribution < 1.29 is 9.53 Å². The third kappa shape index (κ3) is 3.46. The van der Waals surface area contributed by atoms with Crippen molar-refractivity contribution in [2.24, 2.45) is 0 Å². The molecule has 0 aliphatic carbocycles. The molecular weight excluding hydrogens is 242 g/mol. The van der Waals surface area contributed by atoms with E-state index in [2.05, 4.69) is 16.7 Å². The maximum absolute atomic E-state index is 11.2. The molecule has 5 nitrogen and oxygen atoms in total. The summed E-state index contributed by atoms with van der Waals surface area (Å²) in [6, 6.07) is 7.42. The minimum atomic E-state index is -0.305. The van der Waals surface area contributed by atoms with E-state index < -0.39 is 0 Å². The van der Waals surface area contributed by atoms with Gasteiger partial charge in [-0.1, -0.05) is 6.92 Å². The zero-order valence-electron chi connectivity index (χ0n) is 10.9. The Morgan fingerprint density at radius 1 is 1.53 bits per heavy atom. The summed E-state index contributed by atoms with van der Waals surface area (Å²) in [6.07, 6.45) is 1.24. The van der Waals surface area contributed by atoms with Crippen LogP contribution in [0.4, 0.5) is 5.69 Å². The van der Waals surface area contributed by atoms with E-state index in [1.54, 1.807) is 0 Å². The van der Waals surface area contributed by atoms with E-state index in [4.69, 9.17) is 10.00 Å². The van der Waals surface area contributed by atoms with E-state index >= 15 is 0 Å². The first-order chi connectivity index (χ1) is 9.22. The molecule has 0 aromatic heterocycles. The summed E-state index contributed by atoms with van der Waals surface area (Å²) in [6.45, 7) is 3.00. The fourth-order valence-electron chi connectivity index (χ4n) is 2.02. The number of likely N-dealkylation sites (N-methyl/N-ethyl adjacent to an activating group) is 1. The summed E-state index contributed by atoms with van der Waals surface area (Å²) in [4.78, 5) is 11.2. The lowest BCUT2D eigenvalue weighted by Crippen LogP contribution is -2.33. The maximum atomic E-state index is 11.2. The fraction of sp³-hybridized carbons (Fsp3) is 0.429. The third-order valence-corrected chi connectivity index (χ3v) is 3.00. The second-order valence-corrected chi connectivity index (χ2v) is 4.42.